The van der Waals surface area contributed by atoms with Crippen LogP contribution in [0.25, 0.3) is 0 Å². The van der Waals surface area contributed by atoms with Crippen LogP contribution >= 0.6 is 0 Å². The van der Waals surface area contributed by atoms with Gasteiger partial charge < -0.3 is 15.4 Å². The van der Waals surface area contributed by atoms with E-state index in [1.807, 2.05) is 30.3 Å². The maximum absolute atomic E-state index is 11.1. The largest absolute Gasteiger partial charge is 0.494 e. The average molecular weight is 284 g/mol. The molecule has 0 saturated carbocycles. The Kier molecular flexibility index (Phi) is 4.82. The van der Waals surface area contributed by atoms with E-state index in [1.165, 1.54) is 18.1 Å². The minimum Gasteiger partial charge on any atom is -0.494 e. The van der Waals surface area contributed by atoms with Crippen molar-refractivity contribution < 1.29 is 9.53 Å². The summed E-state index contributed by atoms with van der Waals surface area (Å²) in [6, 6.07) is 13.9. The molecular weight excluding hydrogens is 264 g/mol. The van der Waals surface area contributed by atoms with Gasteiger partial charge in [0.2, 0.25) is 5.91 Å². The number of rotatable bonds is 5. The van der Waals surface area contributed by atoms with Crippen LogP contribution in [0, 0.1) is 6.92 Å². The monoisotopic (exact) mass is 284 g/mol. The Morgan fingerprint density at radius 1 is 1.19 bits per heavy atom. The van der Waals surface area contributed by atoms with Crippen LogP contribution < -0.4 is 15.4 Å². The molecule has 0 atom stereocenters. The lowest BCUT2D eigenvalue weighted by Crippen LogP contribution is -2.08. The summed E-state index contributed by atoms with van der Waals surface area (Å²) in [7, 11) is 1.59. The van der Waals surface area contributed by atoms with E-state index < -0.39 is 0 Å². The SMILES string of the molecule is COc1cc(NCc2ccccc2C)ccc1NC(C)=O. The smallest absolute Gasteiger partial charge is 0.221 e. The van der Waals surface area contributed by atoms with E-state index >= 15 is 0 Å². The Hall–Kier alpha value is -2.49. The van der Waals surface area contributed by atoms with Gasteiger partial charge in [-0.1, -0.05) is 24.3 Å². The fraction of sp³-hybridized carbons (Fsp3) is 0.235. The van der Waals surface area contributed by atoms with Crippen LogP contribution in [-0.2, 0) is 11.3 Å². The molecule has 0 bridgehead atoms. The van der Waals surface area contributed by atoms with E-state index in [1.54, 1.807) is 7.11 Å². The van der Waals surface area contributed by atoms with Gasteiger partial charge >= 0.3 is 0 Å². The zero-order valence-electron chi connectivity index (χ0n) is 12.6. The van der Waals surface area contributed by atoms with Gasteiger partial charge in [0.15, 0.2) is 0 Å². The summed E-state index contributed by atoms with van der Waals surface area (Å²) in [5.74, 6) is 0.522. The van der Waals surface area contributed by atoms with Gasteiger partial charge in [-0.05, 0) is 30.2 Å². The van der Waals surface area contributed by atoms with Crippen molar-refractivity contribution in [1.82, 2.24) is 0 Å². The summed E-state index contributed by atoms with van der Waals surface area (Å²) < 4.78 is 5.31. The number of carbonyl (C=O) groups is 1. The number of hydrogen-bond acceptors (Lipinski definition) is 3. The van der Waals surface area contributed by atoms with E-state index in [4.69, 9.17) is 4.74 Å². The molecule has 0 aliphatic carbocycles. The van der Waals surface area contributed by atoms with Crippen molar-refractivity contribution in [3.05, 3.63) is 53.6 Å². The Morgan fingerprint density at radius 2 is 1.95 bits per heavy atom. The predicted molar refractivity (Wildman–Crippen MR) is 85.8 cm³/mol. The van der Waals surface area contributed by atoms with Crippen LogP contribution in [0.1, 0.15) is 18.1 Å². The first-order valence-electron chi connectivity index (χ1n) is 6.84. The van der Waals surface area contributed by atoms with E-state index in [2.05, 4.69) is 29.7 Å². The summed E-state index contributed by atoms with van der Waals surface area (Å²) in [6.07, 6.45) is 0. The third kappa shape index (κ3) is 3.99. The number of ether oxygens (including phenoxy) is 1. The van der Waals surface area contributed by atoms with E-state index in [0.717, 1.165) is 12.2 Å². The second-order valence-electron chi connectivity index (χ2n) is 4.88. The molecule has 0 aromatic heterocycles. The van der Waals surface area contributed by atoms with Crippen molar-refractivity contribution in [2.45, 2.75) is 20.4 Å². The van der Waals surface area contributed by atoms with Crippen LogP contribution in [0.2, 0.25) is 0 Å². The van der Waals surface area contributed by atoms with Crippen LogP contribution in [0.3, 0.4) is 0 Å². The molecule has 2 rings (SSSR count). The molecule has 0 aliphatic rings. The number of methoxy groups -OCH3 is 1. The van der Waals surface area contributed by atoms with E-state index in [9.17, 15) is 4.79 Å². The summed E-state index contributed by atoms with van der Waals surface area (Å²) in [5, 5.41) is 6.11. The second kappa shape index (κ2) is 6.79. The molecule has 1 amide bonds. The summed E-state index contributed by atoms with van der Waals surface area (Å²) in [4.78, 5) is 11.1. The normalized spacial score (nSPS) is 10.0. The highest BCUT2D eigenvalue weighted by atomic mass is 16.5. The summed E-state index contributed by atoms with van der Waals surface area (Å²) in [6.45, 7) is 4.32. The highest BCUT2D eigenvalue weighted by Gasteiger charge is 2.06. The first-order valence-corrected chi connectivity index (χ1v) is 6.84. The molecule has 2 aromatic rings. The van der Waals surface area contributed by atoms with Gasteiger partial charge in [0.05, 0.1) is 12.8 Å². The first-order chi connectivity index (χ1) is 10.1. The van der Waals surface area contributed by atoms with Gasteiger partial charge in [-0.15, -0.1) is 0 Å². The Labute approximate surface area is 125 Å². The number of hydrogen-bond donors (Lipinski definition) is 2. The van der Waals surface area contributed by atoms with Crippen molar-refractivity contribution in [2.24, 2.45) is 0 Å². The second-order valence-corrected chi connectivity index (χ2v) is 4.88. The van der Waals surface area contributed by atoms with Crippen molar-refractivity contribution >= 4 is 17.3 Å². The lowest BCUT2D eigenvalue weighted by atomic mass is 10.1. The Morgan fingerprint density at radius 3 is 2.62 bits per heavy atom. The molecule has 110 valence electrons. The van der Waals surface area contributed by atoms with Gasteiger partial charge in [0.25, 0.3) is 0 Å². The molecule has 0 unspecified atom stereocenters. The third-order valence-electron chi connectivity index (χ3n) is 3.26. The minimum atomic E-state index is -0.117. The van der Waals surface area contributed by atoms with Crippen molar-refractivity contribution in [3.63, 3.8) is 0 Å². The number of carbonyl (C=O) groups excluding carboxylic acids is 1. The van der Waals surface area contributed by atoms with Crippen LogP contribution in [0.15, 0.2) is 42.5 Å². The Bertz CT molecular complexity index is 638. The van der Waals surface area contributed by atoms with Gasteiger partial charge in [-0.2, -0.15) is 0 Å². The molecule has 2 aromatic carbocycles. The molecule has 0 fully saturated rings. The zero-order valence-corrected chi connectivity index (χ0v) is 12.6. The van der Waals surface area contributed by atoms with Gasteiger partial charge in [0, 0.05) is 25.2 Å². The highest BCUT2D eigenvalue weighted by Crippen LogP contribution is 2.28. The van der Waals surface area contributed by atoms with E-state index in [0.29, 0.717) is 11.4 Å². The summed E-state index contributed by atoms with van der Waals surface area (Å²) >= 11 is 0. The van der Waals surface area contributed by atoms with Crippen molar-refractivity contribution in [1.29, 1.82) is 0 Å². The Balaban J connectivity index is 2.11. The average Bonchev–Trinajstić information content (AvgIpc) is 2.47. The third-order valence-corrected chi connectivity index (χ3v) is 3.26. The van der Waals surface area contributed by atoms with Crippen molar-refractivity contribution in [2.75, 3.05) is 17.7 Å². The van der Waals surface area contributed by atoms with E-state index in [-0.39, 0.29) is 5.91 Å². The minimum absolute atomic E-state index is 0.117. The fourth-order valence-corrected chi connectivity index (χ4v) is 2.10. The van der Waals surface area contributed by atoms with Crippen LogP contribution in [-0.4, -0.2) is 13.0 Å². The molecule has 0 aliphatic heterocycles. The molecule has 2 N–H and O–H groups in total. The quantitative estimate of drug-likeness (QED) is 0.882. The number of benzene rings is 2. The van der Waals surface area contributed by atoms with Crippen LogP contribution in [0.4, 0.5) is 11.4 Å². The lowest BCUT2D eigenvalue weighted by molar-refractivity contribution is -0.114. The number of nitrogens with one attached hydrogen (secondary N) is 2. The number of amides is 1. The summed E-state index contributed by atoms with van der Waals surface area (Å²) in [5.41, 5.74) is 4.13. The first kappa shape index (κ1) is 14.9. The van der Waals surface area contributed by atoms with Gasteiger partial charge in [0.1, 0.15) is 5.75 Å². The topological polar surface area (TPSA) is 50.4 Å². The molecule has 4 nitrogen and oxygen atoms in total. The molecule has 0 saturated heterocycles. The fourth-order valence-electron chi connectivity index (χ4n) is 2.10. The molecule has 0 radical (unpaired) electrons. The number of anilines is 2. The zero-order chi connectivity index (χ0) is 15.2. The molecule has 0 heterocycles. The molecule has 0 spiro atoms. The molecule has 4 heteroatoms. The number of aryl methyl sites for hydroxylation is 1. The van der Waals surface area contributed by atoms with Crippen LogP contribution in [0.5, 0.6) is 5.75 Å². The standard InChI is InChI=1S/C17H20N2O2/c1-12-6-4-5-7-14(12)11-18-15-8-9-16(19-13(2)20)17(10-15)21-3/h4-10,18H,11H2,1-3H3,(H,19,20). The lowest BCUT2D eigenvalue weighted by Gasteiger charge is -2.13. The highest BCUT2D eigenvalue weighted by molar-refractivity contribution is 5.90. The maximum Gasteiger partial charge on any atom is 0.221 e. The van der Waals surface area contributed by atoms with Gasteiger partial charge in [-0.25, -0.2) is 0 Å². The predicted octanol–water partition coefficient (Wildman–Crippen LogP) is 3.57. The molecule has 21 heavy (non-hydrogen) atoms. The molecular formula is C17H20N2O2. The van der Waals surface area contributed by atoms with Gasteiger partial charge in [-0.3, -0.25) is 4.79 Å². The van der Waals surface area contributed by atoms with Crippen molar-refractivity contribution in [3.8, 4) is 5.75 Å². The maximum atomic E-state index is 11.1.